The van der Waals surface area contributed by atoms with Crippen LogP contribution in [-0.2, 0) is 5.41 Å². The quantitative estimate of drug-likeness (QED) is 0.135. The van der Waals surface area contributed by atoms with Crippen LogP contribution in [0.25, 0.3) is 65.7 Å². The molecule has 12 rings (SSSR count). The summed E-state index contributed by atoms with van der Waals surface area (Å²) in [5, 5.41) is 7.03. The molecule has 0 saturated carbocycles. The van der Waals surface area contributed by atoms with Crippen molar-refractivity contribution in [3.8, 4) is 22.3 Å². The van der Waals surface area contributed by atoms with Crippen molar-refractivity contribution in [2.75, 3.05) is 4.90 Å². The summed E-state index contributed by atoms with van der Waals surface area (Å²) in [5.41, 5.74) is 14.0. The van der Waals surface area contributed by atoms with E-state index in [1.807, 2.05) is 12.1 Å². The highest BCUT2D eigenvalue weighted by Gasteiger charge is 2.38. The van der Waals surface area contributed by atoms with E-state index in [1.54, 1.807) is 0 Å². The van der Waals surface area contributed by atoms with Gasteiger partial charge in [-0.1, -0.05) is 212 Å². The van der Waals surface area contributed by atoms with E-state index in [2.05, 4.69) is 254 Å². The molecule has 0 aliphatic rings. The molecule has 306 valence electrons. The minimum absolute atomic E-state index is 0.513. The number of furan rings is 1. The summed E-state index contributed by atoms with van der Waals surface area (Å²) in [6.45, 7) is 0. The maximum absolute atomic E-state index is 6.34. The van der Waals surface area contributed by atoms with Crippen LogP contribution in [-0.4, -0.2) is 0 Å². The summed E-state index contributed by atoms with van der Waals surface area (Å²) in [6.07, 6.45) is 0. The maximum Gasteiger partial charge on any atom is 0.136 e. The third-order valence-corrected chi connectivity index (χ3v) is 13.2. The Bertz CT molecular complexity index is 3550. The number of fused-ring (bicyclic) bond motifs is 5. The molecule has 0 N–H and O–H groups in total. The fourth-order valence-electron chi connectivity index (χ4n) is 10.2. The number of rotatable bonds is 9. The van der Waals surface area contributed by atoms with Crippen molar-refractivity contribution in [1.82, 2.24) is 0 Å². The Morgan fingerprint density at radius 3 is 1.54 bits per heavy atom. The van der Waals surface area contributed by atoms with Crippen LogP contribution in [0.5, 0.6) is 0 Å². The second kappa shape index (κ2) is 16.0. The summed E-state index contributed by atoms with van der Waals surface area (Å²) in [7, 11) is 0. The van der Waals surface area contributed by atoms with Crippen LogP contribution in [0.4, 0.5) is 17.1 Å². The van der Waals surface area contributed by atoms with Crippen molar-refractivity contribution in [2.45, 2.75) is 5.41 Å². The van der Waals surface area contributed by atoms with E-state index in [0.717, 1.165) is 50.1 Å². The highest BCUT2D eigenvalue weighted by molar-refractivity contribution is 6.08. The van der Waals surface area contributed by atoms with Crippen molar-refractivity contribution in [3.05, 3.63) is 283 Å². The van der Waals surface area contributed by atoms with Crippen molar-refractivity contribution in [2.24, 2.45) is 0 Å². The van der Waals surface area contributed by atoms with Gasteiger partial charge < -0.3 is 9.32 Å². The van der Waals surface area contributed by atoms with Gasteiger partial charge in [-0.15, -0.1) is 0 Å². The average Bonchev–Trinajstić information content (AvgIpc) is 3.76. The van der Waals surface area contributed by atoms with Crippen LogP contribution in [0.15, 0.2) is 265 Å². The Morgan fingerprint density at radius 2 is 0.831 bits per heavy atom. The van der Waals surface area contributed by atoms with E-state index in [-0.39, 0.29) is 0 Å². The standard InChI is InChI=1S/C63H43NO/c1-4-20-49(21-5-1)63(50-22-6-2-7-23-50,51-24-8-3-9-25-51)52-35-31-45(32-36-52)55-39-40-60(57-28-13-12-27-56(55)57)64(54-37-33-44-17-10-11-18-46(44)41-54)53-26-16-19-47(42-53)48-34-38-59-58-29-14-15-30-61(58)65-62(59)43-48/h1-43H. The van der Waals surface area contributed by atoms with E-state index >= 15 is 0 Å². The first-order valence-corrected chi connectivity index (χ1v) is 22.3. The topological polar surface area (TPSA) is 16.4 Å². The Hall–Kier alpha value is -8.46. The summed E-state index contributed by atoms with van der Waals surface area (Å²) >= 11 is 0. The lowest BCUT2D eigenvalue weighted by molar-refractivity contribution is 0.669. The molecular formula is C63H43NO. The lowest BCUT2D eigenvalue weighted by Gasteiger charge is -2.37. The molecule has 0 unspecified atom stereocenters. The molecule has 1 aromatic heterocycles. The van der Waals surface area contributed by atoms with Crippen LogP contribution in [0.2, 0.25) is 0 Å². The van der Waals surface area contributed by atoms with Crippen molar-refractivity contribution in [1.29, 1.82) is 0 Å². The molecule has 2 heteroatoms. The van der Waals surface area contributed by atoms with Gasteiger partial charge in [-0.25, -0.2) is 0 Å². The zero-order chi connectivity index (χ0) is 43.2. The molecule has 0 bridgehead atoms. The van der Waals surface area contributed by atoms with Crippen LogP contribution < -0.4 is 4.90 Å². The first-order chi connectivity index (χ1) is 32.2. The lowest BCUT2D eigenvalue weighted by atomic mass is 9.65. The molecule has 11 aromatic carbocycles. The van der Waals surface area contributed by atoms with Crippen LogP contribution in [0, 0.1) is 0 Å². The number of nitrogens with zero attached hydrogens (tertiary/aromatic N) is 1. The molecule has 0 saturated heterocycles. The average molecular weight is 830 g/mol. The van der Waals surface area contributed by atoms with E-state index in [4.69, 9.17) is 4.42 Å². The third kappa shape index (κ3) is 6.58. The summed E-state index contributed by atoms with van der Waals surface area (Å²) in [6, 6.07) is 94.6. The molecule has 0 aliphatic carbocycles. The molecule has 12 aromatic rings. The Kier molecular flexibility index (Phi) is 9.43. The molecule has 0 atom stereocenters. The second-order valence-corrected chi connectivity index (χ2v) is 16.8. The fourth-order valence-corrected chi connectivity index (χ4v) is 10.2. The first kappa shape index (κ1) is 38.2. The van der Waals surface area contributed by atoms with Gasteiger partial charge in [0.05, 0.1) is 11.1 Å². The fraction of sp³-hybridized carbons (Fsp3) is 0.0159. The van der Waals surface area contributed by atoms with E-state index in [0.29, 0.717) is 0 Å². The molecule has 0 aliphatic heterocycles. The number of hydrogen-bond donors (Lipinski definition) is 0. The Balaban J connectivity index is 0.999. The Labute approximate surface area is 378 Å². The van der Waals surface area contributed by atoms with Gasteiger partial charge in [0.15, 0.2) is 0 Å². The van der Waals surface area contributed by atoms with E-state index in [9.17, 15) is 0 Å². The van der Waals surface area contributed by atoms with Gasteiger partial charge in [0.2, 0.25) is 0 Å². The molecule has 0 fully saturated rings. The molecule has 2 nitrogen and oxygen atoms in total. The molecule has 0 radical (unpaired) electrons. The second-order valence-electron chi connectivity index (χ2n) is 16.8. The van der Waals surface area contributed by atoms with Crippen molar-refractivity contribution < 1.29 is 4.42 Å². The van der Waals surface area contributed by atoms with Gasteiger partial charge in [0.25, 0.3) is 0 Å². The highest BCUT2D eigenvalue weighted by Crippen LogP contribution is 2.47. The maximum atomic E-state index is 6.34. The number of anilines is 3. The zero-order valence-corrected chi connectivity index (χ0v) is 35.7. The van der Waals surface area contributed by atoms with E-state index in [1.165, 1.54) is 54.9 Å². The summed E-state index contributed by atoms with van der Waals surface area (Å²) < 4.78 is 6.34. The summed E-state index contributed by atoms with van der Waals surface area (Å²) in [5.74, 6) is 0. The van der Waals surface area contributed by atoms with Crippen LogP contribution in [0.1, 0.15) is 22.3 Å². The Morgan fingerprint density at radius 1 is 0.292 bits per heavy atom. The van der Waals surface area contributed by atoms with Gasteiger partial charge >= 0.3 is 0 Å². The van der Waals surface area contributed by atoms with Gasteiger partial charge in [0, 0.05) is 27.5 Å². The number of para-hydroxylation sites is 1. The van der Waals surface area contributed by atoms with Crippen LogP contribution >= 0.6 is 0 Å². The molecule has 0 amide bonds. The predicted molar refractivity (Wildman–Crippen MR) is 273 cm³/mol. The van der Waals surface area contributed by atoms with Crippen molar-refractivity contribution in [3.63, 3.8) is 0 Å². The zero-order valence-electron chi connectivity index (χ0n) is 35.7. The van der Waals surface area contributed by atoms with Crippen LogP contribution in [0.3, 0.4) is 0 Å². The smallest absolute Gasteiger partial charge is 0.136 e. The number of hydrogen-bond acceptors (Lipinski definition) is 2. The highest BCUT2D eigenvalue weighted by atomic mass is 16.3. The molecule has 65 heavy (non-hydrogen) atoms. The molecule has 0 spiro atoms. The minimum Gasteiger partial charge on any atom is -0.456 e. The van der Waals surface area contributed by atoms with Gasteiger partial charge in [-0.3, -0.25) is 0 Å². The minimum atomic E-state index is -0.513. The molecule has 1 heterocycles. The lowest BCUT2D eigenvalue weighted by Crippen LogP contribution is -2.30. The third-order valence-electron chi connectivity index (χ3n) is 13.2. The monoisotopic (exact) mass is 829 g/mol. The SMILES string of the molecule is c1ccc(C(c2ccccc2)(c2ccccc2)c2ccc(-c3ccc(N(c4cccc(-c5ccc6c(c5)oc5ccccc56)c4)c4ccc5ccccc5c4)c4ccccc34)cc2)cc1. The largest absolute Gasteiger partial charge is 0.456 e. The molecular weight excluding hydrogens is 787 g/mol. The normalized spacial score (nSPS) is 11.7. The first-order valence-electron chi connectivity index (χ1n) is 22.3. The van der Waals surface area contributed by atoms with Gasteiger partial charge in [0.1, 0.15) is 11.2 Å². The summed E-state index contributed by atoms with van der Waals surface area (Å²) in [4.78, 5) is 2.42. The van der Waals surface area contributed by atoms with E-state index < -0.39 is 5.41 Å². The van der Waals surface area contributed by atoms with Gasteiger partial charge in [-0.2, -0.15) is 0 Å². The predicted octanol–water partition coefficient (Wildman–Crippen LogP) is 17.1. The van der Waals surface area contributed by atoms with Crippen molar-refractivity contribution >= 4 is 60.5 Å². The number of benzene rings is 11. The van der Waals surface area contributed by atoms with Gasteiger partial charge in [-0.05, 0) is 109 Å².